The Labute approximate surface area is 117 Å². The maximum Gasteiger partial charge on any atom is 0.169 e. The van der Waals surface area contributed by atoms with Crippen LogP contribution < -0.4 is 16.8 Å². The molecule has 0 radical (unpaired) electrons. The number of anilines is 4. The normalized spacial score (nSPS) is 10.4. The quantitative estimate of drug-likeness (QED) is 0.725. The van der Waals surface area contributed by atoms with Crippen molar-refractivity contribution in [2.24, 2.45) is 0 Å². The van der Waals surface area contributed by atoms with Crippen LogP contribution in [0.2, 0.25) is 5.02 Å². The third-order valence-electron chi connectivity index (χ3n) is 2.40. The summed E-state index contributed by atoms with van der Waals surface area (Å²) in [6, 6.07) is 8.71. The van der Waals surface area contributed by atoms with E-state index in [-0.39, 0.29) is 22.1 Å². The molecule has 0 fully saturated rings. The lowest BCUT2D eigenvalue weighted by atomic mass is 10.2. The first-order valence-corrected chi connectivity index (χ1v) is 6.22. The van der Waals surface area contributed by atoms with Gasteiger partial charge < -0.3 is 16.8 Å². The lowest BCUT2D eigenvalue weighted by molar-refractivity contribution is 0.633. The van der Waals surface area contributed by atoms with Crippen LogP contribution >= 0.6 is 27.5 Å². The van der Waals surface area contributed by atoms with Gasteiger partial charge in [0.25, 0.3) is 0 Å². The number of nitrogens with two attached hydrogens (primary N) is 2. The van der Waals surface area contributed by atoms with E-state index in [4.69, 9.17) is 23.1 Å². The molecule has 18 heavy (non-hydrogen) atoms. The number of hydrogen-bond donors (Lipinski definition) is 3. The maximum atomic E-state index is 14.0. The number of benzene rings is 2. The summed E-state index contributed by atoms with van der Waals surface area (Å²) in [7, 11) is 0. The van der Waals surface area contributed by atoms with Crippen LogP contribution in [0.15, 0.2) is 34.8 Å². The highest BCUT2D eigenvalue weighted by atomic mass is 79.9. The topological polar surface area (TPSA) is 64.1 Å². The van der Waals surface area contributed by atoms with Crippen LogP contribution in [0.1, 0.15) is 0 Å². The number of rotatable bonds is 2. The van der Waals surface area contributed by atoms with Gasteiger partial charge >= 0.3 is 0 Å². The van der Waals surface area contributed by atoms with Crippen molar-refractivity contribution in [3.8, 4) is 0 Å². The third kappa shape index (κ3) is 2.37. The molecular weight excluding hydrogens is 321 g/mol. The van der Waals surface area contributed by atoms with Crippen LogP contribution in [0, 0.1) is 5.82 Å². The molecule has 0 aliphatic heterocycles. The highest BCUT2D eigenvalue weighted by Gasteiger charge is 2.15. The molecule has 94 valence electrons. The van der Waals surface area contributed by atoms with Crippen LogP contribution in [-0.2, 0) is 0 Å². The van der Waals surface area contributed by atoms with Crippen molar-refractivity contribution in [2.45, 2.75) is 0 Å². The SMILES string of the molecule is Nc1cc(N)c(Nc2ccccc2Br)c(F)c1Cl. The van der Waals surface area contributed by atoms with E-state index in [2.05, 4.69) is 21.2 Å². The zero-order valence-electron chi connectivity index (χ0n) is 9.18. The van der Waals surface area contributed by atoms with Crippen LogP contribution in [0.3, 0.4) is 0 Å². The van der Waals surface area contributed by atoms with Crippen LogP contribution in [0.5, 0.6) is 0 Å². The molecule has 0 aliphatic carbocycles. The van der Waals surface area contributed by atoms with Crippen molar-refractivity contribution in [1.82, 2.24) is 0 Å². The Morgan fingerprint density at radius 1 is 1.17 bits per heavy atom. The molecule has 2 aromatic rings. The molecule has 0 amide bonds. The van der Waals surface area contributed by atoms with Crippen molar-refractivity contribution in [1.29, 1.82) is 0 Å². The van der Waals surface area contributed by atoms with Gasteiger partial charge in [-0.3, -0.25) is 0 Å². The molecule has 0 spiro atoms. The van der Waals surface area contributed by atoms with Crippen molar-refractivity contribution in [3.05, 3.63) is 45.6 Å². The van der Waals surface area contributed by atoms with E-state index in [9.17, 15) is 4.39 Å². The standard InChI is InChI=1S/C12H10BrClFN3/c13-6-3-1-2-4-9(6)18-12-8(17)5-7(16)10(14)11(12)15/h1-5,18H,16-17H2. The first kappa shape index (κ1) is 13.0. The van der Waals surface area contributed by atoms with E-state index < -0.39 is 5.82 Å². The summed E-state index contributed by atoms with van der Waals surface area (Å²) in [4.78, 5) is 0. The minimum Gasteiger partial charge on any atom is -0.397 e. The zero-order valence-corrected chi connectivity index (χ0v) is 11.5. The van der Waals surface area contributed by atoms with Gasteiger partial charge in [-0.2, -0.15) is 0 Å². The number of para-hydroxylation sites is 1. The van der Waals surface area contributed by atoms with E-state index in [1.807, 2.05) is 18.2 Å². The third-order valence-corrected chi connectivity index (χ3v) is 3.47. The largest absolute Gasteiger partial charge is 0.397 e. The molecule has 0 aliphatic rings. The number of nitrogens with one attached hydrogen (secondary N) is 1. The molecule has 2 rings (SSSR count). The summed E-state index contributed by atoms with van der Waals surface area (Å²) in [6.07, 6.45) is 0. The van der Waals surface area contributed by atoms with E-state index in [1.54, 1.807) is 6.07 Å². The van der Waals surface area contributed by atoms with E-state index in [1.165, 1.54) is 6.07 Å². The predicted octanol–water partition coefficient (Wildman–Crippen LogP) is 4.15. The molecule has 3 nitrogen and oxygen atoms in total. The van der Waals surface area contributed by atoms with E-state index in [0.29, 0.717) is 5.69 Å². The van der Waals surface area contributed by atoms with Crippen LogP contribution in [0.25, 0.3) is 0 Å². The Morgan fingerprint density at radius 2 is 1.83 bits per heavy atom. The lowest BCUT2D eigenvalue weighted by Gasteiger charge is -2.13. The molecule has 5 N–H and O–H groups in total. The lowest BCUT2D eigenvalue weighted by Crippen LogP contribution is -2.03. The number of hydrogen-bond acceptors (Lipinski definition) is 3. The molecule has 0 heterocycles. The highest BCUT2D eigenvalue weighted by molar-refractivity contribution is 9.10. The summed E-state index contributed by atoms with van der Waals surface area (Å²) >= 11 is 9.11. The number of nitrogen functional groups attached to an aromatic ring is 2. The Morgan fingerprint density at radius 3 is 2.50 bits per heavy atom. The van der Waals surface area contributed by atoms with Crippen LogP contribution in [-0.4, -0.2) is 0 Å². The average molecular weight is 331 g/mol. The molecule has 6 heteroatoms. The summed E-state index contributed by atoms with van der Waals surface area (Å²) in [5, 5.41) is 2.75. The summed E-state index contributed by atoms with van der Waals surface area (Å²) in [6.45, 7) is 0. The van der Waals surface area contributed by atoms with Crippen molar-refractivity contribution < 1.29 is 4.39 Å². The fourth-order valence-electron chi connectivity index (χ4n) is 1.49. The molecule has 2 aromatic carbocycles. The second-order valence-corrected chi connectivity index (χ2v) is 4.90. The molecule has 0 unspecified atom stereocenters. The monoisotopic (exact) mass is 329 g/mol. The van der Waals surface area contributed by atoms with Crippen molar-refractivity contribution in [2.75, 3.05) is 16.8 Å². The minimum absolute atomic E-state index is 0.112. The van der Waals surface area contributed by atoms with Gasteiger partial charge in [0.15, 0.2) is 5.82 Å². The van der Waals surface area contributed by atoms with Gasteiger partial charge in [-0.25, -0.2) is 4.39 Å². The molecule has 0 saturated carbocycles. The molecular formula is C12H10BrClFN3. The fourth-order valence-corrected chi connectivity index (χ4v) is 2.02. The molecule has 0 atom stereocenters. The second-order valence-electron chi connectivity index (χ2n) is 3.66. The summed E-state index contributed by atoms with van der Waals surface area (Å²) in [5.41, 5.74) is 12.4. The molecule has 0 bridgehead atoms. The van der Waals surface area contributed by atoms with Gasteiger partial charge in [0.2, 0.25) is 0 Å². The van der Waals surface area contributed by atoms with Gasteiger partial charge in [-0.15, -0.1) is 0 Å². The maximum absolute atomic E-state index is 14.0. The minimum atomic E-state index is -0.662. The number of halogens is 3. The van der Waals surface area contributed by atoms with Crippen molar-refractivity contribution in [3.63, 3.8) is 0 Å². The Hall–Kier alpha value is -1.46. The first-order chi connectivity index (χ1) is 8.50. The average Bonchev–Trinajstić information content (AvgIpc) is 2.34. The van der Waals surface area contributed by atoms with Gasteiger partial charge in [0.05, 0.1) is 22.7 Å². The van der Waals surface area contributed by atoms with Gasteiger partial charge in [0, 0.05) is 4.47 Å². The Balaban J connectivity index is 2.47. The Kier molecular flexibility index (Phi) is 3.63. The Bertz CT molecular complexity index is 604. The van der Waals surface area contributed by atoms with E-state index in [0.717, 1.165) is 4.47 Å². The zero-order chi connectivity index (χ0) is 13.3. The predicted molar refractivity (Wildman–Crippen MR) is 77.7 cm³/mol. The van der Waals surface area contributed by atoms with Gasteiger partial charge in [-0.05, 0) is 34.1 Å². The van der Waals surface area contributed by atoms with Gasteiger partial charge in [0.1, 0.15) is 5.02 Å². The first-order valence-electron chi connectivity index (χ1n) is 5.05. The summed E-state index contributed by atoms with van der Waals surface area (Å²) in [5.74, 6) is -0.662. The van der Waals surface area contributed by atoms with E-state index >= 15 is 0 Å². The fraction of sp³-hybridized carbons (Fsp3) is 0. The molecule has 0 saturated heterocycles. The second kappa shape index (κ2) is 5.04. The molecule has 0 aromatic heterocycles. The summed E-state index contributed by atoms with van der Waals surface area (Å²) < 4.78 is 14.8. The van der Waals surface area contributed by atoms with Crippen LogP contribution in [0.4, 0.5) is 27.1 Å². The van der Waals surface area contributed by atoms with Gasteiger partial charge in [-0.1, -0.05) is 23.7 Å². The van der Waals surface area contributed by atoms with Crippen molar-refractivity contribution >= 4 is 50.3 Å². The smallest absolute Gasteiger partial charge is 0.169 e. The highest BCUT2D eigenvalue weighted by Crippen LogP contribution is 2.36.